The fourth-order valence-corrected chi connectivity index (χ4v) is 3.15. The summed E-state index contributed by atoms with van der Waals surface area (Å²) in [6.07, 6.45) is 7.18. The zero-order valence-corrected chi connectivity index (χ0v) is 14.8. The third-order valence-electron chi connectivity index (χ3n) is 4.50. The molecule has 0 unspecified atom stereocenters. The molecule has 3 aromatic heterocycles. The van der Waals surface area contributed by atoms with Gasteiger partial charge >= 0.3 is 6.01 Å². The summed E-state index contributed by atoms with van der Waals surface area (Å²) in [5, 5.41) is 7.65. The summed E-state index contributed by atoms with van der Waals surface area (Å²) in [6, 6.07) is 1.78. The van der Waals surface area contributed by atoms with E-state index in [9.17, 15) is 9.59 Å². The molecule has 1 aliphatic rings. The Bertz CT molecular complexity index is 1030. The van der Waals surface area contributed by atoms with E-state index in [1.165, 1.54) is 12.4 Å². The molecule has 1 amide bonds. The lowest BCUT2D eigenvalue weighted by Gasteiger charge is -2.16. The van der Waals surface area contributed by atoms with E-state index in [2.05, 4.69) is 25.4 Å². The van der Waals surface area contributed by atoms with Crippen molar-refractivity contribution in [3.05, 3.63) is 41.2 Å². The molecule has 1 saturated heterocycles. The molecule has 0 bridgehead atoms. The van der Waals surface area contributed by atoms with Gasteiger partial charge in [0.05, 0.1) is 42.1 Å². The number of aromatic nitrogens is 5. The van der Waals surface area contributed by atoms with Gasteiger partial charge in [-0.3, -0.25) is 24.2 Å². The van der Waals surface area contributed by atoms with Crippen LogP contribution in [0.25, 0.3) is 10.9 Å². The molecule has 1 aliphatic heterocycles. The molecule has 10 heteroatoms. The van der Waals surface area contributed by atoms with E-state index in [0.29, 0.717) is 36.3 Å². The van der Waals surface area contributed by atoms with Crippen LogP contribution in [0.1, 0.15) is 12.5 Å². The number of fused-ring (bicyclic) bond motifs is 1. The Balaban J connectivity index is 1.47. The molecule has 0 saturated carbocycles. The van der Waals surface area contributed by atoms with Gasteiger partial charge in [-0.25, -0.2) is 0 Å². The summed E-state index contributed by atoms with van der Waals surface area (Å²) >= 11 is 0. The first-order chi connectivity index (χ1) is 13.1. The van der Waals surface area contributed by atoms with Gasteiger partial charge in [0.1, 0.15) is 0 Å². The van der Waals surface area contributed by atoms with E-state index in [-0.39, 0.29) is 23.5 Å². The maximum Gasteiger partial charge on any atom is 0.302 e. The van der Waals surface area contributed by atoms with Gasteiger partial charge in [-0.15, -0.1) is 0 Å². The number of carbonyl (C=O) groups excluding carboxylic acids is 1. The van der Waals surface area contributed by atoms with Crippen molar-refractivity contribution in [2.75, 3.05) is 26.7 Å². The average molecular weight is 369 g/mol. The Morgan fingerprint density at radius 1 is 1.44 bits per heavy atom. The minimum atomic E-state index is -0.292. The van der Waals surface area contributed by atoms with Crippen molar-refractivity contribution in [1.82, 2.24) is 34.9 Å². The first-order valence-corrected chi connectivity index (χ1v) is 8.62. The predicted molar refractivity (Wildman–Crippen MR) is 96.6 cm³/mol. The highest BCUT2D eigenvalue weighted by molar-refractivity contribution is 5.78. The van der Waals surface area contributed by atoms with E-state index < -0.39 is 0 Å². The Hall–Kier alpha value is -3.27. The topological polar surface area (TPSA) is 118 Å². The molecule has 1 atom stereocenters. The van der Waals surface area contributed by atoms with E-state index in [1.807, 2.05) is 4.90 Å². The lowest BCUT2D eigenvalue weighted by atomic mass is 10.3. The van der Waals surface area contributed by atoms with Crippen molar-refractivity contribution in [2.45, 2.75) is 12.5 Å². The van der Waals surface area contributed by atoms with Crippen molar-refractivity contribution in [3.8, 4) is 11.8 Å². The second-order valence-electron chi connectivity index (χ2n) is 6.33. The van der Waals surface area contributed by atoms with Crippen molar-refractivity contribution in [3.63, 3.8) is 0 Å². The van der Waals surface area contributed by atoms with E-state index in [1.54, 1.807) is 30.2 Å². The Labute approximate surface area is 154 Å². The lowest BCUT2D eigenvalue weighted by Crippen LogP contribution is -2.35. The highest BCUT2D eigenvalue weighted by Crippen LogP contribution is 2.24. The van der Waals surface area contributed by atoms with Gasteiger partial charge in [0.2, 0.25) is 5.91 Å². The number of rotatable bonds is 5. The summed E-state index contributed by atoms with van der Waals surface area (Å²) < 4.78 is 7.43. The Kier molecular flexibility index (Phi) is 4.55. The molecule has 1 fully saturated rings. The summed E-state index contributed by atoms with van der Waals surface area (Å²) in [4.78, 5) is 36.7. The zero-order chi connectivity index (χ0) is 18.8. The quantitative estimate of drug-likeness (QED) is 0.664. The molecule has 140 valence electrons. The van der Waals surface area contributed by atoms with Gasteiger partial charge < -0.3 is 15.0 Å². The lowest BCUT2D eigenvalue weighted by molar-refractivity contribution is -0.129. The van der Waals surface area contributed by atoms with E-state index in [0.717, 1.165) is 6.42 Å². The van der Waals surface area contributed by atoms with E-state index >= 15 is 0 Å². The SMILES string of the molecule is CNCC(=O)N1CC[C@H](n2cc(Oc3nc4cnccc4c(=O)[nH]3)cn2)C1. The number of nitrogens with zero attached hydrogens (tertiary/aromatic N) is 5. The van der Waals surface area contributed by atoms with Crippen molar-refractivity contribution in [1.29, 1.82) is 0 Å². The van der Waals surface area contributed by atoms with Gasteiger partial charge in [-0.05, 0) is 19.5 Å². The van der Waals surface area contributed by atoms with Crippen LogP contribution in [0.4, 0.5) is 0 Å². The number of likely N-dealkylation sites (tertiary alicyclic amines) is 1. The van der Waals surface area contributed by atoms with Crippen LogP contribution in [0.5, 0.6) is 11.8 Å². The molecule has 27 heavy (non-hydrogen) atoms. The number of amides is 1. The summed E-state index contributed by atoms with van der Waals surface area (Å²) in [5.41, 5.74) is 0.164. The van der Waals surface area contributed by atoms with Crippen LogP contribution in [0.3, 0.4) is 0 Å². The standard InChI is InChI=1S/C17H19N7O3/c1-18-8-15(25)23-5-3-11(9-23)24-10-12(6-20-24)27-17-21-14-7-19-4-2-13(14)16(26)22-17/h2,4,6-7,10-11,18H,3,5,8-9H2,1H3,(H,21,22,26)/t11-/m0/s1. The van der Waals surface area contributed by atoms with Gasteiger partial charge in [0, 0.05) is 19.3 Å². The van der Waals surface area contributed by atoms with Crippen molar-refractivity contribution < 1.29 is 9.53 Å². The first kappa shape index (κ1) is 17.2. The average Bonchev–Trinajstić information content (AvgIpc) is 3.31. The van der Waals surface area contributed by atoms with Crippen LogP contribution in [0.2, 0.25) is 0 Å². The second kappa shape index (κ2) is 7.16. The Morgan fingerprint density at radius 2 is 2.33 bits per heavy atom. The van der Waals surface area contributed by atoms with Crippen LogP contribution < -0.4 is 15.6 Å². The highest BCUT2D eigenvalue weighted by Gasteiger charge is 2.27. The van der Waals surface area contributed by atoms with Gasteiger partial charge in [0.25, 0.3) is 5.56 Å². The smallest absolute Gasteiger partial charge is 0.302 e. The third kappa shape index (κ3) is 3.51. The zero-order valence-electron chi connectivity index (χ0n) is 14.8. The van der Waals surface area contributed by atoms with Crippen LogP contribution in [0, 0.1) is 0 Å². The van der Waals surface area contributed by atoms with Crippen LogP contribution in [0.15, 0.2) is 35.6 Å². The minimum Gasteiger partial charge on any atom is -0.422 e. The number of pyridine rings is 1. The molecule has 0 aliphatic carbocycles. The number of hydrogen-bond donors (Lipinski definition) is 2. The number of ether oxygens (including phenoxy) is 1. The number of aromatic amines is 1. The van der Waals surface area contributed by atoms with Crippen LogP contribution in [-0.4, -0.2) is 62.2 Å². The number of hydrogen-bond acceptors (Lipinski definition) is 7. The molecule has 3 aromatic rings. The van der Waals surface area contributed by atoms with Crippen molar-refractivity contribution in [2.24, 2.45) is 0 Å². The molecule has 10 nitrogen and oxygen atoms in total. The Morgan fingerprint density at radius 3 is 3.19 bits per heavy atom. The summed E-state index contributed by atoms with van der Waals surface area (Å²) in [6.45, 7) is 1.64. The minimum absolute atomic E-state index is 0.0789. The molecule has 0 radical (unpaired) electrons. The molecule has 2 N–H and O–H groups in total. The third-order valence-corrected chi connectivity index (χ3v) is 4.50. The number of carbonyl (C=O) groups is 1. The predicted octanol–water partition coefficient (Wildman–Crippen LogP) is 0.300. The van der Waals surface area contributed by atoms with Crippen LogP contribution >= 0.6 is 0 Å². The fraction of sp³-hybridized carbons (Fsp3) is 0.353. The molecular weight excluding hydrogens is 350 g/mol. The molecule has 0 spiro atoms. The maximum absolute atomic E-state index is 12.1. The first-order valence-electron chi connectivity index (χ1n) is 8.62. The van der Waals surface area contributed by atoms with E-state index in [4.69, 9.17) is 4.74 Å². The largest absolute Gasteiger partial charge is 0.422 e. The fourth-order valence-electron chi connectivity index (χ4n) is 3.15. The maximum atomic E-state index is 12.1. The van der Waals surface area contributed by atoms with Gasteiger partial charge in [0.15, 0.2) is 5.75 Å². The number of H-pyrrole nitrogens is 1. The second-order valence-corrected chi connectivity index (χ2v) is 6.33. The summed E-state index contributed by atoms with van der Waals surface area (Å²) in [7, 11) is 1.75. The van der Waals surface area contributed by atoms with Crippen LogP contribution in [-0.2, 0) is 4.79 Å². The monoisotopic (exact) mass is 369 g/mol. The molecular formula is C17H19N7O3. The highest BCUT2D eigenvalue weighted by atomic mass is 16.5. The van der Waals surface area contributed by atoms with Crippen molar-refractivity contribution >= 4 is 16.8 Å². The number of likely N-dealkylation sites (N-methyl/N-ethyl adjacent to an activating group) is 1. The summed E-state index contributed by atoms with van der Waals surface area (Å²) in [5.74, 6) is 0.538. The van der Waals surface area contributed by atoms with Gasteiger partial charge in [-0.2, -0.15) is 10.1 Å². The molecule has 0 aromatic carbocycles. The molecule has 4 heterocycles. The normalized spacial score (nSPS) is 16.8. The van der Waals surface area contributed by atoms with Gasteiger partial charge in [-0.1, -0.05) is 0 Å². The molecule has 4 rings (SSSR count). The number of nitrogens with one attached hydrogen (secondary N) is 2.